The molecule has 1 aromatic heterocycles. The molecule has 5 N–H and O–H groups in total. The number of carbonyl (C=O) groups excluding carboxylic acids is 2. The van der Waals surface area contributed by atoms with Crippen LogP contribution in [-0.4, -0.2) is 54.2 Å². The van der Waals surface area contributed by atoms with E-state index in [0.717, 1.165) is 31.3 Å². The van der Waals surface area contributed by atoms with Gasteiger partial charge in [0.2, 0.25) is 0 Å². The van der Waals surface area contributed by atoms with Gasteiger partial charge in [-0.1, -0.05) is 45.2 Å². The summed E-state index contributed by atoms with van der Waals surface area (Å²) in [5, 5.41) is 21.3. The number of aldehydes is 1. The molecule has 1 atom stereocenters. The third-order valence-electron chi connectivity index (χ3n) is 8.53. The van der Waals surface area contributed by atoms with Gasteiger partial charge in [-0.15, -0.1) is 0 Å². The number of amides is 1. The molecule has 1 aliphatic heterocycles. The second kappa shape index (κ2) is 16.4. The average molecular weight is 664 g/mol. The fourth-order valence-corrected chi connectivity index (χ4v) is 6.31. The lowest BCUT2D eigenvalue weighted by Gasteiger charge is -2.34. The molecule has 1 saturated carbocycles. The van der Waals surface area contributed by atoms with Crippen molar-refractivity contribution in [1.82, 2.24) is 4.98 Å². The normalized spacial score (nSPS) is 16.0. The van der Waals surface area contributed by atoms with E-state index in [-0.39, 0.29) is 18.2 Å². The minimum atomic E-state index is -1.38. The molecule has 0 saturated heterocycles. The Morgan fingerprint density at radius 3 is 2.48 bits per heavy atom. The highest BCUT2D eigenvalue weighted by Gasteiger charge is 2.36. The van der Waals surface area contributed by atoms with Gasteiger partial charge in [-0.3, -0.25) is 14.4 Å². The summed E-state index contributed by atoms with van der Waals surface area (Å²) in [6, 6.07) is 8.23. The maximum absolute atomic E-state index is 14.0. The average Bonchev–Trinajstić information content (AvgIpc) is 3.07. The molecule has 3 aromatic rings. The molecule has 48 heavy (non-hydrogen) atoms. The van der Waals surface area contributed by atoms with E-state index in [1.54, 1.807) is 18.2 Å². The Kier molecular flexibility index (Phi) is 12.4. The SMILES string of the molecule is CC(C)Cc1nc(NCC2CCCCC2)c(C=N)c(-c2ccc3c(c2)OC(CC(=O)O)C(=O)N3Cc2ccc(F)c(F)c2)c1C=O.CN. The number of anilines is 2. The van der Waals surface area contributed by atoms with E-state index in [9.17, 15) is 28.3 Å². The summed E-state index contributed by atoms with van der Waals surface area (Å²) in [5.74, 6) is -2.62. The van der Waals surface area contributed by atoms with Crippen LogP contribution in [0.25, 0.3) is 11.1 Å². The minimum Gasteiger partial charge on any atom is -0.481 e. The van der Waals surface area contributed by atoms with Gasteiger partial charge >= 0.3 is 5.97 Å². The first-order valence-electron chi connectivity index (χ1n) is 16.2. The number of nitrogens with zero attached hydrogens (tertiary/aromatic N) is 2. The lowest BCUT2D eigenvalue weighted by Crippen LogP contribution is -2.46. The predicted molar refractivity (Wildman–Crippen MR) is 181 cm³/mol. The number of fused-ring (bicyclic) bond motifs is 1. The van der Waals surface area contributed by atoms with Crippen LogP contribution in [0.2, 0.25) is 0 Å². The topological polar surface area (TPSA) is 159 Å². The van der Waals surface area contributed by atoms with Crippen molar-refractivity contribution in [1.29, 1.82) is 5.41 Å². The first kappa shape index (κ1) is 36.1. The van der Waals surface area contributed by atoms with Crippen molar-refractivity contribution in [2.45, 2.75) is 71.4 Å². The van der Waals surface area contributed by atoms with E-state index in [1.807, 2.05) is 13.8 Å². The number of hydrogen-bond donors (Lipinski definition) is 4. The van der Waals surface area contributed by atoms with Gasteiger partial charge in [-0.05, 0) is 73.5 Å². The van der Waals surface area contributed by atoms with Crippen molar-refractivity contribution in [3.63, 3.8) is 0 Å². The van der Waals surface area contributed by atoms with Gasteiger partial charge in [0.15, 0.2) is 24.0 Å². The van der Waals surface area contributed by atoms with Gasteiger partial charge in [0.1, 0.15) is 11.6 Å². The zero-order chi connectivity index (χ0) is 35.0. The Bertz CT molecular complexity index is 1660. The van der Waals surface area contributed by atoms with Gasteiger partial charge in [0, 0.05) is 29.4 Å². The Balaban J connectivity index is 0.00000255. The van der Waals surface area contributed by atoms with Crippen LogP contribution in [0.5, 0.6) is 5.75 Å². The Hall–Kier alpha value is -4.71. The smallest absolute Gasteiger partial charge is 0.307 e. The fourth-order valence-electron chi connectivity index (χ4n) is 6.31. The van der Waals surface area contributed by atoms with Crippen molar-refractivity contribution >= 4 is 35.9 Å². The molecular weight excluding hydrogens is 620 g/mol. The van der Waals surface area contributed by atoms with Crippen molar-refractivity contribution in [3.05, 3.63) is 70.4 Å². The number of hydrogen-bond acceptors (Lipinski definition) is 8. The zero-order valence-electron chi connectivity index (χ0n) is 27.5. The standard InChI is InChI=1S/C35H38F2N4O5.CH5N/c1-20(2)12-28-25(19-42)33(24(16-38)34(40-28)39-17-21-6-4-3-5-7-21)23-9-11-29-30(14-23)46-31(15-32(43)44)35(45)41(29)18-22-8-10-26(36)27(37)13-22;1-2/h8-11,13-14,16,19-21,31,38H,3-7,12,15,17-18H2,1-2H3,(H,39,40)(H,43,44);2H2,1H3. The number of benzene rings is 2. The van der Waals surface area contributed by atoms with Crippen molar-refractivity contribution < 1.29 is 33.0 Å². The second-order valence-electron chi connectivity index (χ2n) is 12.4. The maximum atomic E-state index is 14.0. The number of nitrogens with two attached hydrogens (primary N) is 1. The monoisotopic (exact) mass is 663 g/mol. The number of ether oxygens (including phenoxy) is 1. The zero-order valence-corrected chi connectivity index (χ0v) is 27.5. The number of halogens is 2. The first-order chi connectivity index (χ1) is 23.1. The molecule has 0 radical (unpaired) electrons. The summed E-state index contributed by atoms with van der Waals surface area (Å²) in [6.45, 7) is 4.60. The van der Waals surface area contributed by atoms with Crippen LogP contribution in [0.1, 0.15) is 79.6 Å². The Morgan fingerprint density at radius 2 is 1.85 bits per heavy atom. The molecule has 12 heteroatoms. The third-order valence-corrected chi connectivity index (χ3v) is 8.53. The number of nitrogens with one attached hydrogen (secondary N) is 2. The molecule has 256 valence electrons. The summed E-state index contributed by atoms with van der Waals surface area (Å²) in [5.41, 5.74) is 7.45. The van der Waals surface area contributed by atoms with Crippen LogP contribution in [0.4, 0.5) is 20.3 Å². The highest BCUT2D eigenvalue weighted by atomic mass is 19.2. The van der Waals surface area contributed by atoms with E-state index in [1.165, 1.54) is 43.5 Å². The molecular formula is C36H43F2N5O5. The van der Waals surface area contributed by atoms with Gasteiger partial charge in [-0.25, -0.2) is 13.8 Å². The summed E-state index contributed by atoms with van der Waals surface area (Å²) in [4.78, 5) is 43.8. The van der Waals surface area contributed by atoms with E-state index < -0.39 is 36.0 Å². The fraction of sp³-hybridized carbons (Fsp3) is 0.417. The number of carboxylic acid groups (broad SMARTS) is 1. The molecule has 0 bridgehead atoms. The van der Waals surface area contributed by atoms with Crippen molar-refractivity contribution in [3.8, 4) is 16.9 Å². The van der Waals surface area contributed by atoms with Crippen molar-refractivity contribution in [2.75, 3.05) is 23.8 Å². The number of pyridine rings is 1. The molecule has 5 rings (SSSR count). The Labute approximate surface area is 279 Å². The van der Waals surface area contributed by atoms with Crippen molar-refractivity contribution in [2.24, 2.45) is 17.6 Å². The summed E-state index contributed by atoms with van der Waals surface area (Å²) >= 11 is 0. The van der Waals surface area contributed by atoms with Gasteiger partial charge in [-0.2, -0.15) is 0 Å². The number of aliphatic carboxylic acids is 1. The maximum Gasteiger partial charge on any atom is 0.307 e. The molecule has 1 amide bonds. The molecule has 2 aromatic carbocycles. The molecule has 1 unspecified atom stereocenters. The largest absolute Gasteiger partial charge is 0.481 e. The summed E-state index contributed by atoms with van der Waals surface area (Å²) in [7, 11) is 1.50. The molecule has 0 spiro atoms. The predicted octanol–water partition coefficient (Wildman–Crippen LogP) is 6.37. The lowest BCUT2D eigenvalue weighted by molar-refractivity contribution is -0.142. The molecule has 2 heterocycles. The number of aromatic nitrogens is 1. The molecule has 10 nitrogen and oxygen atoms in total. The highest BCUT2D eigenvalue weighted by molar-refractivity contribution is 6.04. The Morgan fingerprint density at radius 1 is 1.12 bits per heavy atom. The number of carboxylic acids is 1. The van der Waals surface area contributed by atoms with Crippen LogP contribution < -0.4 is 20.7 Å². The van der Waals surface area contributed by atoms with Crippen LogP contribution in [0, 0.1) is 28.9 Å². The van der Waals surface area contributed by atoms with Gasteiger partial charge in [0.05, 0.1) is 24.3 Å². The molecule has 1 aliphatic carbocycles. The third kappa shape index (κ3) is 8.22. The quantitative estimate of drug-likeness (QED) is 0.129. The minimum absolute atomic E-state index is 0.157. The summed E-state index contributed by atoms with van der Waals surface area (Å²) < 4.78 is 33.6. The van der Waals surface area contributed by atoms with Crippen LogP contribution >= 0.6 is 0 Å². The lowest BCUT2D eigenvalue weighted by atomic mass is 9.89. The van der Waals surface area contributed by atoms with Gasteiger partial charge in [0.25, 0.3) is 5.91 Å². The molecule has 2 aliphatic rings. The van der Waals surface area contributed by atoms with Crippen LogP contribution in [0.15, 0.2) is 36.4 Å². The summed E-state index contributed by atoms with van der Waals surface area (Å²) in [6.07, 6.45) is 6.26. The number of rotatable bonds is 12. The second-order valence-corrected chi connectivity index (χ2v) is 12.4. The first-order valence-corrected chi connectivity index (χ1v) is 16.2. The molecule has 1 fully saturated rings. The van der Waals surface area contributed by atoms with Crippen LogP contribution in [-0.2, 0) is 22.6 Å². The highest BCUT2D eigenvalue weighted by Crippen LogP contribution is 2.42. The van der Waals surface area contributed by atoms with Gasteiger partial charge < -0.3 is 31.2 Å². The van der Waals surface area contributed by atoms with E-state index in [2.05, 4.69) is 11.1 Å². The van der Waals surface area contributed by atoms with E-state index >= 15 is 0 Å². The van der Waals surface area contributed by atoms with E-state index in [4.69, 9.17) is 15.1 Å². The van der Waals surface area contributed by atoms with E-state index in [0.29, 0.717) is 63.9 Å². The number of carbonyl (C=O) groups is 3. The van der Waals surface area contributed by atoms with Crippen LogP contribution in [0.3, 0.4) is 0 Å².